The predicted molar refractivity (Wildman–Crippen MR) is 175 cm³/mol. The molecule has 0 aliphatic carbocycles. The number of carbonyl (C=O) groups is 1. The van der Waals surface area contributed by atoms with E-state index in [9.17, 15) is 4.79 Å². The second-order valence-electron chi connectivity index (χ2n) is 9.95. The van der Waals surface area contributed by atoms with Crippen LogP contribution in [-0.4, -0.2) is 158 Å². The number of esters is 1. The van der Waals surface area contributed by atoms with E-state index < -0.39 is 0 Å². The van der Waals surface area contributed by atoms with E-state index in [0.29, 0.717) is 144 Å². The van der Waals surface area contributed by atoms with Gasteiger partial charge in [0, 0.05) is 6.61 Å². The summed E-state index contributed by atoms with van der Waals surface area (Å²) in [5.41, 5.74) is 0.526. The quantitative estimate of drug-likeness (QED) is 0.0752. The van der Waals surface area contributed by atoms with Gasteiger partial charge in [-0.15, -0.1) is 0 Å². The lowest BCUT2D eigenvalue weighted by atomic mass is 10.2. The van der Waals surface area contributed by atoms with Crippen LogP contribution in [0.3, 0.4) is 0 Å². The Labute approximate surface area is 281 Å². The average molecular weight is 677 g/mol. The maximum absolute atomic E-state index is 11.8. The highest BCUT2D eigenvalue weighted by atomic mass is 16.6. The minimum Gasteiger partial charge on any atom is -0.460 e. The number of hydrogen-bond donors (Lipinski definition) is 0. The lowest BCUT2D eigenvalue weighted by molar-refractivity contribution is -0.0280. The summed E-state index contributed by atoms with van der Waals surface area (Å²) in [7, 11) is 0. The van der Waals surface area contributed by atoms with Crippen LogP contribution in [0.5, 0.6) is 0 Å². The van der Waals surface area contributed by atoms with Crippen LogP contribution in [-0.2, 0) is 56.8 Å². The van der Waals surface area contributed by atoms with Gasteiger partial charge in [-0.1, -0.05) is 38.0 Å². The van der Waals surface area contributed by atoms with Gasteiger partial charge in [0.25, 0.3) is 0 Å². The second-order valence-corrected chi connectivity index (χ2v) is 9.95. The zero-order valence-corrected chi connectivity index (χ0v) is 28.6. The molecule has 0 aliphatic heterocycles. The molecule has 0 bridgehead atoms. The summed E-state index contributed by atoms with van der Waals surface area (Å²) < 4.78 is 65.2. The molecule has 0 amide bonds. The summed E-state index contributed by atoms with van der Waals surface area (Å²) in [6.45, 7) is 13.8. The van der Waals surface area contributed by atoms with E-state index in [4.69, 9.17) is 56.8 Å². The minimum atomic E-state index is -0.355. The topological polar surface area (TPSA) is 128 Å². The van der Waals surface area contributed by atoms with E-state index in [1.54, 1.807) is 24.3 Å². The number of hydrogen-bond acceptors (Lipinski definition) is 13. The summed E-state index contributed by atoms with van der Waals surface area (Å²) in [4.78, 5) is 11.8. The van der Waals surface area contributed by atoms with Gasteiger partial charge in [0.05, 0.1) is 144 Å². The molecule has 274 valence electrons. The van der Waals surface area contributed by atoms with Gasteiger partial charge in [0.15, 0.2) is 0 Å². The minimum absolute atomic E-state index is 0.203. The Morgan fingerprint density at radius 2 is 0.660 bits per heavy atom. The van der Waals surface area contributed by atoms with Crippen LogP contribution in [0, 0.1) is 0 Å². The van der Waals surface area contributed by atoms with Gasteiger partial charge in [-0.2, -0.15) is 0 Å². The third-order valence-corrected chi connectivity index (χ3v) is 6.08. The van der Waals surface area contributed by atoms with Crippen LogP contribution in [0.4, 0.5) is 0 Å². The van der Waals surface area contributed by atoms with E-state index in [2.05, 4.69) is 6.92 Å². The Morgan fingerprint density at radius 3 is 0.957 bits per heavy atom. The molecule has 1 aromatic rings. The lowest BCUT2D eigenvalue weighted by Crippen LogP contribution is -2.15. The molecule has 0 aliphatic rings. The van der Waals surface area contributed by atoms with Gasteiger partial charge in [-0.25, -0.2) is 4.79 Å². The molecule has 0 radical (unpaired) electrons. The molecule has 0 unspecified atom stereocenters. The Balaban J connectivity index is 1.63. The molecule has 0 saturated heterocycles. The molecule has 13 nitrogen and oxygen atoms in total. The molecule has 0 fully saturated rings. The van der Waals surface area contributed by atoms with Crippen molar-refractivity contribution in [2.75, 3.05) is 152 Å². The van der Waals surface area contributed by atoms with Crippen molar-refractivity contribution < 1.29 is 61.6 Å². The zero-order valence-electron chi connectivity index (χ0n) is 28.6. The van der Waals surface area contributed by atoms with Gasteiger partial charge >= 0.3 is 5.97 Å². The Kier molecular flexibility index (Phi) is 34.1. The first kappa shape index (κ1) is 43.3. The number of rotatable bonds is 38. The van der Waals surface area contributed by atoms with E-state index in [1.165, 1.54) is 12.8 Å². The number of unbranched alkanes of at least 4 members (excludes halogenated alkanes) is 2. The van der Waals surface area contributed by atoms with Gasteiger partial charge < -0.3 is 56.8 Å². The summed E-state index contributed by atoms with van der Waals surface area (Å²) in [5.74, 6) is -0.355. The molecular weight excluding hydrogens is 616 g/mol. The van der Waals surface area contributed by atoms with Crippen molar-refractivity contribution in [1.82, 2.24) is 0 Å². The summed E-state index contributed by atoms with van der Waals surface area (Å²) >= 11 is 0. The normalized spacial score (nSPS) is 11.3. The highest BCUT2D eigenvalue weighted by molar-refractivity contribution is 5.89. The highest BCUT2D eigenvalue weighted by Crippen LogP contribution is 2.00. The van der Waals surface area contributed by atoms with Crippen molar-refractivity contribution in [2.24, 2.45) is 0 Å². The number of ether oxygens (including phenoxy) is 12. The third-order valence-electron chi connectivity index (χ3n) is 6.08. The van der Waals surface area contributed by atoms with Gasteiger partial charge in [-0.05, 0) is 18.6 Å². The van der Waals surface area contributed by atoms with E-state index in [-0.39, 0.29) is 12.6 Å². The SMILES string of the molecule is CCCCCOCCOCCOCCOCCOCCOCCOCCOCCOCCOCCOCCOC(=O)c1ccccc1. The van der Waals surface area contributed by atoms with Crippen LogP contribution in [0.2, 0.25) is 0 Å². The standard InChI is InChI=1S/C34H60O13/c1-2-3-7-10-36-11-12-37-13-14-38-15-16-39-17-18-40-19-20-41-21-22-42-23-24-43-25-26-44-27-28-45-29-30-46-31-32-47-34(35)33-8-5-4-6-9-33/h4-6,8-9H,2-3,7,10-32H2,1H3. The van der Waals surface area contributed by atoms with E-state index in [0.717, 1.165) is 13.0 Å². The van der Waals surface area contributed by atoms with Crippen molar-refractivity contribution in [3.63, 3.8) is 0 Å². The fourth-order valence-corrected chi connectivity index (χ4v) is 3.61. The van der Waals surface area contributed by atoms with Crippen LogP contribution < -0.4 is 0 Å². The van der Waals surface area contributed by atoms with Crippen LogP contribution in [0.25, 0.3) is 0 Å². The molecule has 0 N–H and O–H groups in total. The van der Waals surface area contributed by atoms with Crippen LogP contribution >= 0.6 is 0 Å². The number of benzene rings is 1. The first-order chi connectivity index (χ1) is 23.3. The molecule has 0 spiro atoms. The van der Waals surface area contributed by atoms with Crippen molar-refractivity contribution in [3.05, 3.63) is 35.9 Å². The lowest BCUT2D eigenvalue weighted by Gasteiger charge is -2.09. The van der Waals surface area contributed by atoms with E-state index >= 15 is 0 Å². The molecule has 0 aromatic heterocycles. The molecule has 0 heterocycles. The second kappa shape index (κ2) is 37.1. The Bertz CT molecular complexity index is 757. The average Bonchev–Trinajstić information content (AvgIpc) is 3.10. The zero-order chi connectivity index (χ0) is 33.6. The summed E-state index contributed by atoms with van der Waals surface area (Å²) in [6, 6.07) is 8.86. The van der Waals surface area contributed by atoms with Crippen molar-refractivity contribution in [3.8, 4) is 0 Å². The molecule has 1 rings (SSSR count). The van der Waals surface area contributed by atoms with Gasteiger partial charge in [-0.3, -0.25) is 0 Å². The molecule has 47 heavy (non-hydrogen) atoms. The fourth-order valence-electron chi connectivity index (χ4n) is 3.61. The van der Waals surface area contributed by atoms with Crippen LogP contribution in [0.1, 0.15) is 36.5 Å². The highest BCUT2D eigenvalue weighted by Gasteiger charge is 2.05. The summed E-state index contributed by atoms with van der Waals surface area (Å²) in [5, 5.41) is 0. The van der Waals surface area contributed by atoms with Crippen molar-refractivity contribution in [2.45, 2.75) is 26.2 Å². The Hall–Kier alpha value is -1.75. The maximum Gasteiger partial charge on any atom is 0.338 e. The van der Waals surface area contributed by atoms with Gasteiger partial charge in [0.1, 0.15) is 6.61 Å². The molecular formula is C34H60O13. The predicted octanol–water partition coefficient (Wildman–Crippen LogP) is 3.22. The largest absolute Gasteiger partial charge is 0.460 e. The van der Waals surface area contributed by atoms with Crippen molar-refractivity contribution in [1.29, 1.82) is 0 Å². The van der Waals surface area contributed by atoms with E-state index in [1.807, 2.05) is 6.07 Å². The monoisotopic (exact) mass is 676 g/mol. The number of carbonyl (C=O) groups excluding carboxylic acids is 1. The first-order valence-corrected chi connectivity index (χ1v) is 16.9. The van der Waals surface area contributed by atoms with Crippen molar-refractivity contribution >= 4 is 5.97 Å². The Morgan fingerprint density at radius 1 is 0.383 bits per heavy atom. The van der Waals surface area contributed by atoms with Crippen LogP contribution in [0.15, 0.2) is 30.3 Å². The fraction of sp³-hybridized carbons (Fsp3) is 0.794. The smallest absolute Gasteiger partial charge is 0.338 e. The summed E-state index contributed by atoms with van der Waals surface area (Å²) in [6.07, 6.45) is 3.53. The first-order valence-electron chi connectivity index (χ1n) is 16.9. The molecule has 13 heteroatoms. The maximum atomic E-state index is 11.8. The van der Waals surface area contributed by atoms with Gasteiger partial charge in [0.2, 0.25) is 0 Å². The molecule has 0 atom stereocenters. The molecule has 0 saturated carbocycles. The molecule has 1 aromatic carbocycles. The third kappa shape index (κ3) is 32.6.